The number of carboxylic acids is 1. The average molecular weight is 624 g/mol. The first-order valence-corrected chi connectivity index (χ1v) is 14.0. The van der Waals surface area contributed by atoms with Crippen molar-refractivity contribution in [3.8, 4) is 17.1 Å². The average Bonchev–Trinajstić information content (AvgIpc) is 3.54. The SMILES string of the molecule is CC1(C)COC[C@H]1n1c(Cc2c(F)cc(-c3ccc(F)c(OCc4ccc(F)cc4)n3)c(F)c2F)nc2ccc(C(=O)O)cc21. The van der Waals surface area contributed by atoms with E-state index in [4.69, 9.17) is 9.47 Å². The molecule has 0 unspecified atom stereocenters. The lowest BCUT2D eigenvalue weighted by atomic mass is 9.87. The van der Waals surface area contributed by atoms with E-state index >= 15 is 13.2 Å². The summed E-state index contributed by atoms with van der Waals surface area (Å²) in [5.74, 6) is -6.81. The monoisotopic (exact) mass is 623 g/mol. The molecule has 45 heavy (non-hydrogen) atoms. The Morgan fingerprint density at radius 2 is 1.73 bits per heavy atom. The normalized spacial score (nSPS) is 15.9. The second kappa shape index (κ2) is 11.6. The molecule has 1 aliphatic heterocycles. The highest BCUT2D eigenvalue weighted by molar-refractivity contribution is 5.92. The van der Waals surface area contributed by atoms with Gasteiger partial charge in [0.2, 0.25) is 0 Å². The van der Waals surface area contributed by atoms with E-state index in [-0.39, 0.29) is 36.3 Å². The number of pyridine rings is 1. The molecular formula is C33H26F5N3O4. The van der Waals surface area contributed by atoms with Gasteiger partial charge < -0.3 is 19.1 Å². The minimum absolute atomic E-state index is 0.00694. The van der Waals surface area contributed by atoms with Gasteiger partial charge in [-0.1, -0.05) is 26.0 Å². The Morgan fingerprint density at radius 1 is 0.978 bits per heavy atom. The first-order chi connectivity index (χ1) is 21.4. The van der Waals surface area contributed by atoms with Crippen molar-refractivity contribution in [1.29, 1.82) is 0 Å². The summed E-state index contributed by atoms with van der Waals surface area (Å²) in [5.41, 5.74) is -0.498. The van der Waals surface area contributed by atoms with Crippen LogP contribution in [0.25, 0.3) is 22.3 Å². The molecule has 1 atom stereocenters. The molecule has 7 nitrogen and oxygen atoms in total. The van der Waals surface area contributed by atoms with Crippen LogP contribution in [0, 0.1) is 34.5 Å². The van der Waals surface area contributed by atoms with Crippen molar-refractivity contribution in [2.24, 2.45) is 5.41 Å². The minimum Gasteiger partial charge on any atom is -0.478 e. The fourth-order valence-electron chi connectivity index (χ4n) is 5.47. The van der Waals surface area contributed by atoms with Gasteiger partial charge in [0.25, 0.3) is 5.88 Å². The van der Waals surface area contributed by atoms with Crippen LogP contribution in [-0.4, -0.2) is 38.8 Å². The van der Waals surface area contributed by atoms with Crippen molar-refractivity contribution in [2.75, 3.05) is 13.2 Å². The predicted molar refractivity (Wildman–Crippen MR) is 153 cm³/mol. The van der Waals surface area contributed by atoms with Crippen molar-refractivity contribution in [2.45, 2.75) is 32.9 Å². The van der Waals surface area contributed by atoms with Crippen LogP contribution in [0.1, 0.15) is 47.2 Å². The van der Waals surface area contributed by atoms with Crippen LogP contribution in [0.5, 0.6) is 5.88 Å². The quantitative estimate of drug-likeness (QED) is 0.145. The first kappa shape index (κ1) is 30.2. The highest BCUT2D eigenvalue weighted by atomic mass is 19.2. The number of carboxylic acid groups (broad SMARTS) is 1. The highest BCUT2D eigenvalue weighted by Gasteiger charge is 2.39. The molecule has 0 aliphatic carbocycles. The van der Waals surface area contributed by atoms with Gasteiger partial charge in [0.15, 0.2) is 17.5 Å². The maximum atomic E-state index is 15.6. The van der Waals surface area contributed by atoms with Crippen LogP contribution in [0.15, 0.2) is 60.7 Å². The molecule has 2 aromatic heterocycles. The van der Waals surface area contributed by atoms with E-state index in [1.54, 1.807) is 4.57 Å². The topological polar surface area (TPSA) is 86.5 Å². The minimum atomic E-state index is -1.48. The molecular weight excluding hydrogens is 597 g/mol. The molecule has 1 aliphatic rings. The zero-order valence-corrected chi connectivity index (χ0v) is 24.1. The number of imidazole rings is 1. The van der Waals surface area contributed by atoms with Crippen LogP contribution < -0.4 is 4.74 Å². The number of hydrogen-bond donors (Lipinski definition) is 1. The number of hydrogen-bond acceptors (Lipinski definition) is 5. The van der Waals surface area contributed by atoms with E-state index in [1.165, 1.54) is 42.5 Å². The second-order valence-electron chi connectivity index (χ2n) is 11.5. The first-order valence-electron chi connectivity index (χ1n) is 14.0. The van der Waals surface area contributed by atoms with Crippen LogP contribution in [0.2, 0.25) is 0 Å². The van der Waals surface area contributed by atoms with Crippen LogP contribution in [0.3, 0.4) is 0 Å². The standard InChI is InChI=1S/C33H26F5N3O4/c1-33(2)16-44-15-27(33)41-26-11-18(32(42)43)5-9-25(26)39-28(41)13-20-23(36)12-21(30(38)29(20)37)24-10-8-22(35)31(40-24)45-14-17-3-6-19(34)7-4-17/h3-12,27H,13-16H2,1-2H3,(H,42,43)/t27-/m1/s1. The maximum absolute atomic E-state index is 15.6. The summed E-state index contributed by atoms with van der Waals surface area (Å²) in [6.45, 7) is 4.36. The van der Waals surface area contributed by atoms with E-state index in [9.17, 15) is 18.7 Å². The third-order valence-electron chi connectivity index (χ3n) is 7.94. The summed E-state index contributed by atoms with van der Waals surface area (Å²) in [4.78, 5) is 20.2. The third kappa shape index (κ3) is 5.73. The Kier molecular flexibility index (Phi) is 7.77. The van der Waals surface area contributed by atoms with Crippen molar-refractivity contribution in [3.05, 3.63) is 112 Å². The van der Waals surface area contributed by atoms with E-state index < -0.39 is 63.9 Å². The van der Waals surface area contributed by atoms with Gasteiger partial charge in [-0.2, -0.15) is 0 Å². The van der Waals surface area contributed by atoms with E-state index in [2.05, 4.69) is 9.97 Å². The Morgan fingerprint density at radius 3 is 2.42 bits per heavy atom. The van der Waals surface area contributed by atoms with Crippen molar-refractivity contribution < 1.29 is 41.3 Å². The van der Waals surface area contributed by atoms with Gasteiger partial charge in [-0.15, -0.1) is 0 Å². The summed E-state index contributed by atoms with van der Waals surface area (Å²) in [5, 5.41) is 9.55. The number of benzene rings is 3. The van der Waals surface area contributed by atoms with Gasteiger partial charge in [0.05, 0.1) is 41.5 Å². The number of halogens is 5. The Hall–Kier alpha value is -4.84. The lowest BCUT2D eigenvalue weighted by molar-refractivity contribution is 0.0697. The summed E-state index contributed by atoms with van der Waals surface area (Å²) >= 11 is 0. The van der Waals surface area contributed by atoms with E-state index in [1.807, 2.05) is 13.8 Å². The zero-order valence-electron chi connectivity index (χ0n) is 24.1. The molecule has 5 aromatic rings. The Balaban J connectivity index is 1.37. The number of nitrogens with zero attached hydrogens (tertiary/aromatic N) is 3. The molecule has 3 aromatic carbocycles. The molecule has 0 saturated carbocycles. The lowest BCUT2D eigenvalue weighted by Gasteiger charge is -2.28. The van der Waals surface area contributed by atoms with Crippen LogP contribution in [0.4, 0.5) is 22.0 Å². The molecule has 6 rings (SSSR count). The third-order valence-corrected chi connectivity index (χ3v) is 7.94. The molecule has 0 spiro atoms. The largest absolute Gasteiger partial charge is 0.478 e. The molecule has 0 amide bonds. The molecule has 1 saturated heterocycles. The van der Waals surface area contributed by atoms with Crippen molar-refractivity contribution >= 4 is 17.0 Å². The molecule has 232 valence electrons. The number of aromatic nitrogens is 3. The highest BCUT2D eigenvalue weighted by Crippen LogP contribution is 2.41. The summed E-state index contributed by atoms with van der Waals surface area (Å²) in [6.07, 6.45) is -0.457. The molecule has 1 fully saturated rings. The van der Waals surface area contributed by atoms with Crippen molar-refractivity contribution in [3.63, 3.8) is 0 Å². The van der Waals surface area contributed by atoms with Gasteiger partial charge in [-0.05, 0) is 54.1 Å². The van der Waals surface area contributed by atoms with Gasteiger partial charge in [0.1, 0.15) is 24.1 Å². The Labute approximate surface area is 253 Å². The fraction of sp³-hybridized carbons (Fsp3) is 0.242. The predicted octanol–water partition coefficient (Wildman–Crippen LogP) is 7.26. The smallest absolute Gasteiger partial charge is 0.335 e. The van der Waals surface area contributed by atoms with Crippen LogP contribution in [-0.2, 0) is 17.8 Å². The number of ether oxygens (including phenoxy) is 2. The summed E-state index contributed by atoms with van der Waals surface area (Å²) in [7, 11) is 0. The van der Waals surface area contributed by atoms with E-state index in [0.717, 1.165) is 18.2 Å². The van der Waals surface area contributed by atoms with Gasteiger partial charge in [-0.25, -0.2) is 36.7 Å². The maximum Gasteiger partial charge on any atom is 0.335 e. The van der Waals surface area contributed by atoms with Gasteiger partial charge >= 0.3 is 5.97 Å². The number of fused-ring (bicyclic) bond motifs is 1. The second-order valence-corrected chi connectivity index (χ2v) is 11.5. The van der Waals surface area contributed by atoms with Crippen molar-refractivity contribution in [1.82, 2.24) is 14.5 Å². The van der Waals surface area contributed by atoms with E-state index in [0.29, 0.717) is 23.2 Å². The van der Waals surface area contributed by atoms with Gasteiger partial charge in [-0.3, -0.25) is 0 Å². The van der Waals surface area contributed by atoms with Gasteiger partial charge in [0, 0.05) is 23.0 Å². The summed E-state index contributed by atoms with van der Waals surface area (Å²) < 4.78 is 87.2. The van der Waals surface area contributed by atoms with Crippen LogP contribution >= 0.6 is 0 Å². The lowest BCUT2D eigenvalue weighted by Crippen LogP contribution is -2.27. The number of carbonyl (C=O) groups is 1. The summed E-state index contributed by atoms with van der Waals surface area (Å²) in [6, 6.07) is 12.0. The molecule has 1 N–H and O–H groups in total. The zero-order chi connectivity index (χ0) is 32.0. The molecule has 0 radical (unpaired) electrons. The molecule has 3 heterocycles. The number of aromatic carboxylic acids is 1. The fourth-order valence-corrected chi connectivity index (χ4v) is 5.47. The molecule has 12 heteroatoms. The Bertz CT molecular complexity index is 1940. The number of rotatable bonds is 8. The molecule has 0 bridgehead atoms.